The summed E-state index contributed by atoms with van der Waals surface area (Å²) in [6, 6.07) is 12.9. The topological polar surface area (TPSA) is 95.3 Å². The number of hydrogen-bond acceptors (Lipinski definition) is 7. The summed E-state index contributed by atoms with van der Waals surface area (Å²) in [5.41, 5.74) is 5.98. The molecule has 33 heavy (non-hydrogen) atoms. The van der Waals surface area contributed by atoms with Crippen LogP contribution in [0.2, 0.25) is 0 Å². The smallest absolute Gasteiger partial charge is 0.340 e. The number of pyridine rings is 1. The molecule has 0 spiro atoms. The number of carbonyl (C=O) groups excluding carboxylic acids is 2. The maximum Gasteiger partial charge on any atom is 0.340 e. The fourth-order valence-corrected chi connectivity index (χ4v) is 3.94. The summed E-state index contributed by atoms with van der Waals surface area (Å²) in [4.78, 5) is 29.3. The average Bonchev–Trinajstić information content (AvgIpc) is 3.09. The van der Waals surface area contributed by atoms with Crippen molar-refractivity contribution in [3.63, 3.8) is 0 Å². The number of rotatable bonds is 5. The molecule has 0 saturated carbocycles. The fourth-order valence-electron chi connectivity index (χ4n) is 3.94. The molecular weight excluding hydrogens is 420 g/mol. The van der Waals surface area contributed by atoms with Gasteiger partial charge in [-0.2, -0.15) is 5.10 Å². The summed E-state index contributed by atoms with van der Waals surface area (Å²) in [6.45, 7) is 3.87. The number of carbonyl (C=O) groups is 2. The van der Waals surface area contributed by atoms with Gasteiger partial charge in [0.15, 0.2) is 0 Å². The van der Waals surface area contributed by atoms with E-state index in [4.69, 9.17) is 9.47 Å². The maximum absolute atomic E-state index is 12.6. The minimum atomic E-state index is -0.640. The van der Waals surface area contributed by atoms with Gasteiger partial charge in [0, 0.05) is 35.6 Å². The first kappa shape index (κ1) is 22.0. The average molecular weight is 444 g/mol. The monoisotopic (exact) mass is 444 g/mol. The highest BCUT2D eigenvalue weighted by molar-refractivity contribution is 6.08. The number of esters is 2. The lowest BCUT2D eigenvalue weighted by molar-refractivity contribution is 0.0556. The van der Waals surface area contributed by atoms with Crippen LogP contribution in [0.4, 0.5) is 11.4 Å². The predicted octanol–water partition coefficient (Wildman–Crippen LogP) is 4.57. The highest BCUT2D eigenvalue weighted by Gasteiger charge is 2.23. The maximum atomic E-state index is 12.6. The van der Waals surface area contributed by atoms with Gasteiger partial charge in [-0.1, -0.05) is 6.07 Å². The van der Waals surface area contributed by atoms with E-state index >= 15 is 0 Å². The van der Waals surface area contributed by atoms with Crippen molar-refractivity contribution in [2.75, 3.05) is 19.5 Å². The van der Waals surface area contributed by atoms with Gasteiger partial charge in [0.1, 0.15) is 0 Å². The molecule has 8 heteroatoms. The number of hydrogen-bond donors (Lipinski definition) is 1. The van der Waals surface area contributed by atoms with E-state index in [2.05, 4.69) is 21.5 Å². The number of fused-ring (bicyclic) bond motifs is 1. The molecule has 0 aliphatic heterocycles. The second-order valence-electron chi connectivity index (χ2n) is 7.65. The van der Waals surface area contributed by atoms with Crippen LogP contribution in [0.5, 0.6) is 0 Å². The summed E-state index contributed by atoms with van der Waals surface area (Å²) in [6.07, 6.45) is 1.75. The van der Waals surface area contributed by atoms with E-state index in [0.717, 1.165) is 39.1 Å². The van der Waals surface area contributed by atoms with Crippen molar-refractivity contribution in [2.45, 2.75) is 13.8 Å². The zero-order chi connectivity index (χ0) is 23.7. The number of methoxy groups -OCH3 is 2. The summed E-state index contributed by atoms with van der Waals surface area (Å²) < 4.78 is 11.7. The Labute approximate surface area is 191 Å². The van der Waals surface area contributed by atoms with Crippen LogP contribution < -0.4 is 5.32 Å². The van der Waals surface area contributed by atoms with E-state index in [1.165, 1.54) is 20.3 Å². The van der Waals surface area contributed by atoms with Crippen molar-refractivity contribution in [2.24, 2.45) is 7.05 Å². The third-order valence-electron chi connectivity index (χ3n) is 5.51. The van der Waals surface area contributed by atoms with Gasteiger partial charge in [0.05, 0.1) is 42.2 Å². The summed E-state index contributed by atoms with van der Waals surface area (Å²) in [5.74, 6) is -1.26. The van der Waals surface area contributed by atoms with E-state index in [9.17, 15) is 9.59 Å². The lowest BCUT2D eigenvalue weighted by atomic mass is 10.00. The van der Waals surface area contributed by atoms with Crippen LogP contribution in [0.15, 0.2) is 48.7 Å². The quantitative estimate of drug-likeness (QED) is 0.451. The van der Waals surface area contributed by atoms with Crippen LogP contribution in [-0.4, -0.2) is 40.9 Å². The lowest BCUT2D eigenvalue weighted by Crippen LogP contribution is -2.14. The van der Waals surface area contributed by atoms with Gasteiger partial charge in [-0.05, 0) is 55.8 Å². The fraction of sp³-hybridized carbons (Fsp3) is 0.200. The van der Waals surface area contributed by atoms with Gasteiger partial charge in [-0.25, -0.2) is 9.59 Å². The number of ether oxygens (including phenoxy) is 2. The number of anilines is 2. The summed E-state index contributed by atoms with van der Waals surface area (Å²) in [7, 11) is 4.45. The Kier molecular flexibility index (Phi) is 5.83. The number of nitrogens with one attached hydrogen (secondary N) is 1. The standard InChI is InChI=1S/C25H24N4O4/c1-14-11-16(9-10-26-14)19-13-22-18(15(2)28-29(22)3)12-21(19)27-20-8-6-7-17(24(30)32-4)23(20)25(31)33-5/h6-13,27H,1-5H3. The second kappa shape index (κ2) is 8.74. The van der Waals surface area contributed by atoms with Crippen LogP contribution in [-0.2, 0) is 16.5 Å². The Hall–Kier alpha value is -4.20. The van der Waals surface area contributed by atoms with Gasteiger partial charge in [-0.15, -0.1) is 0 Å². The van der Waals surface area contributed by atoms with Gasteiger partial charge in [0.2, 0.25) is 0 Å². The molecule has 0 amide bonds. The first-order valence-corrected chi connectivity index (χ1v) is 10.3. The van der Waals surface area contributed by atoms with Crippen molar-refractivity contribution in [1.82, 2.24) is 14.8 Å². The van der Waals surface area contributed by atoms with E-state index in [1.54, 1.807) is 18.3 Å². The molecule has 2 aromatic carbocycles. The molecule has 2 aromatic heterocycles. The van der Waals surface area contributed by atoms with Gasteiger partial charge in [-0.3, -0.25) is 9.67 Å². The van der Waals surface area contributed by atoms with Crippen LogP contribution >= 0.6 is 0 Å². The Morgan fingerprint density at radius 2 is 1.73 bits per heavy atom. The molecule has 0 fully saturated rings. The minimum Gasteiger partial charge on any atom is -0.465 e. The van der Waals surface area contributed by atoms with Crippen molar-refractivity contribution in [1.29, 1.82) is 0 Å². The largest absolute Gasteiger partial charge is 0.465 e. The SMILES string of the molecule is COC(=O)c1cccc(Nc2cc3c(C)nn(C)c3cc2-c2ccnc(C)c2)c1C(=O)OC. The Balaban J connectivity index is 1.95. The van der Waals surface area contributed by atoms with E-state index in [0.29, 0.717) is 5.69 Å². The van der Waals surface area contributed by atoms with E-state index in [1.807, 2.05) is 43.8 Å². The molecule has 0 unspecified atom stereocenters. The van der Waals surface area contributed by atoms with Gasteiger partial charge >= 0.3 is 11.9 Å². The van der Waals surface area contributed by atoms with Crippen LogP contribution in [0, 0.1) is 13.8 Å². The van der Waals surface area contributed by atoms with Crippen molar-refractivity contribution in [3.05, 3.63) is 71.2 Å². The van der Waals surface area contributed by atoms with Crippen LogP contribution in [0.25, 0.3) is 22.0 Å². The van der Waals surface area contributed by atoms with Crippen molar-refractivity contribution in [3.8, 4) is 11.1 Å². The van der Waals surface area contributed by atoms with Crippen LogP contribution in [0.3, 0.4) is 0 Å². The molecule has 0 aliphatic carbocycles. The molecule has 8 nitrogen and oxygen atoms in total. The number of aromatic nitrogens is 3. The molecule has 0 saturated heterocycles. The third kappa shape index (κ3) is 4.03. The molecule has 0 bridgehead atoms. The molecule has 2 heterocycles. The number of nitrogens with zero attached hydrogens (tertiary/aromatic N) is 3. The highest BCUT2D eigenvalue weighted by Crippen LogP contribution is 2.36. The molecule has 168 valence electrons. The second-order valence-corrected chi connectivity index (χ2v) is 7.65. The van der Waals surface area contributed by atoms with Gasteiger partial charge in [0.25, 0.3) is 0 Å². The zero-order valence-corrected chi connectivity index (χ0v) is 19.1. The molecule has 1 N–H and O–H groups in total. The molecule has 0 atom stereocenters. The van der Waals surface area contributed by atoms with E-state index in [-0.39, 0.29) is 11.1 Å². The Morgan fingerprint density at radius 1 is 0.970 bits per heavy atom. The zero-order valence-electron chi connectivity index (χ0n) is 19.1. The van der Waals surface area contributed by atoms with Crippen molar-refractivity contribution >= 4 is 34.2 Å². The highest BCUT2D eigenvalue weighted by atomic mass is 16.5. The third-order valence-corrected chi connectivity index (χ3v) is 5.51. The molecular formula is C25H24N4O4. The first-order valence-electron chi connectivity index (χ1n) is 10.3. The summed E-state index contributed by atoms with van der Waals surface area (Å²) in [5, 5.41) is 8.87. The Bertz CT molecular complexity index is 1390. The van der Waals surface area contributed by atoms with Crippen LogP contribution in [0.1, 0.15) is 32.1 Å². The number of aryl methyl sites for hydroxylation is 3. The molecule has 4 rings (SSSR count). The molecule has 0 radical (unpaired) electrons. The van der Waals surface area contributed by atoms with Gasteiger partial charge < -0.3 is 14.8 Å². The summed E-state index contributed by atoms with van der Waals surface area (Å²) >= 11 is 0. The first-order chi connectivity index (χ1) is 15.8. The Morgan fingerprint density at radius 3 is 2.42 bits per heavy atom. The molecule has 4 aromatic rings. The minimum absolute atomic E-state index is 0.103. The lowest BCUT2D eigenvalue weighted by Gasteiger charge is -2.17. The normalized spacial score (nSPS) is 10.8. The number of benzene rings is 2. The van der Waals surface area contributed by atoms with Crippen molar-refractivity contribution < 1.29 is 19.1 Å². The van der Waals surface area contributed by atoms with E-state index < -0.39 is 11.9 Å². The predicted molar refractivity (Wildman–Crippen MR) is 126 cm³/mol. The molecule has 0 aliphatic rings.